The minimum Gasteiger partial charge on any atom is -0.336 e. The van der Waals surface area contributed by atoms with Crippen LogP contribution in [0.15, 0.2) is 35.1 Å². The van der Waals surface area contributed by atoms with Gasteiger partial charge in [0.1, 0.15) is 5.82 Å². The van der Waals surface area contributed by atoms with E-state index in [2.05, 4.69) is 31.7 Å². The number of aromatic nitrogens is 2. The molecule has 7 heteroatoms. The third kappa shape index (κ3) is 3.80. The molecule has 0 fully saturated rings. The predicted octanol–water partition coefficient (Wildman–Crippen LogP) is 2.91. The highest BCUT2D eigenvalue weighted by atomic mass is 79.9. The molecule has 1 heterocycles. The molecular weight excluding hydrogens is 327 g/mol. The minimum absolute atomic E-state index is 0.315. The van der Waals surface area contributed by atoms with Gasteiger partial charge in [0, 0.05) is 24.6 Å². The van der Waals surface area contributed by atoms with E-state index < -0.39 is 0 Å². The lowest BCUT2D eigenvalue weighted by Gasteiger charge is -2.11. The third-order valence-corrected chi connectivity index (χ3v) is 3.31. The highest BCUT2D eigenvalue weighted by Crippen LogP contribution is 2.24. The van der Waals surface area contributed by atoms with Crippen molar-refractivity contribution >= 4 is 27.6 Å². The van der Waals surface area contributed by atoms with E-state index in [1.807, 2.05) is 12.3 Å². The van der Waals surface area contributed by atoms with Crippen molar-refractivity contribution in [2.24, 2.45) is 0 Å². The van der Waals surface area contributed by atoms with Gasteiger partial charge in [-0.3, -0.25) is 4.68 Å². The van der Waals surface area contributed by atoms with Crippen molar-refractivity contribution in [2.75, 3.05) is 11.9 Å². The van der Waals surface area contributed by atoms with Crippen molar-refractivity contribution < 1.29 is 9.18 Å². The molecule has 106 valence electrons. The van der Waals surface area contributed by atoms with Crippen LogP contribution in [-0.2, 0) is 6.54 Å². The fourth-order valence-electron chi connectivity index (χ4n) is 1.66. The van der Waals surface area contributed by atoms with Crippen molar-refractivity contribution in [1.29, 1.82) is 0 Å². The van der Waals surface area contributed by atoms with Gasteiger partial charge in [0.15, 0.2) is 0 Å². The number of amides is 2. The van der Waals surface area contributed by atoms with E-state index >= 15 is 0 Å². The summed E-state index contributed by atoms with van der Waals surface area (Å²) < 4.78 is 15.3. The summed E-state index contributed by atoms with van der Waals surface area (Å²) >= 11 is 3.09. The maximum atomic E-state index is 13.3. The second-order valence-corrected chi connectivity index (χ2v) is 5.09. The molecule has 0 spiro atoms. The molecule has 2 amide bonds. The van der Waals surface area contributed by atoms with Crippen LogP contribution in [0.2, 0.25) is 0 Å². The van der Waals surface area contributed by atoms with Gasteiger partial charge in [-0.1, -0.05) is 0 Å². The van der Waals surface area contributed by atoms with Crippen molar-refractivity contribution in [1.82, 2.24) is 15.1 Å². The number of hydrogen-bond donors (Lipinski definition) is 2. The first-order chi connectivity index (χ1) is 9.56. The van der Waals surface area contributed by atoms with Crippen LogP contribution < -0.4 is 10.6 Å². The number of hydrogen-bond acceptors (Lipinski definition) is 2. The zero-order valence-electron chi connectivity index (χ0n) is 10.9. The maximum Gasteiger partial charge on any atom is 0.319 e. The van der Waals surface area contributed by atoms with Gasteiger partial charge in [-0.25, -0.2) is 9.18 Å². The molecule has 0 aliphatic carbocycles. The Balaban J connectivity index is 1.86. The quantitative estimate of drug-likeness (QED) is 0.898. The Morgan fingerprint density at radius 3 is 3.00 bits per heavy atom. The van der Waals surface area contributed by atoms with E-state index in [0.29, 0.717) is 28.8 Å². The van der Waals surface area contributed by atoms with Crippen molar-refractivity contribution in [3.63, 3.8) is 0 Å². The van der Waals surface area contributed by atoms with Crippen molar-refractivity contribution in [3.05, 3.63) is 46.4 Å². The Kier molecular flexibility index (Phi) is 4.73. The van der Waals surface area contributed by atoms with Gasteiger partial charge >= 0.3 is 6.03 Å². The van der Waals surface area contributed by atoms with Crippen LogP contribution in [0.4, 0.5) is 14.9 Å². The van der Waals surface area contributed by atoms with E-state index in [1.165, 1.54) is 12.1 Å². The number of benzene rings is 1. The van der Waals surface area contributed by atoms with Crippen LogP contribution in [0, 0.1) is 12.7 Å². The molecule has 0 aliphatic heterocycles. The van der Waals surface area contributed by atoms with E-state index in [4.69, 9.17) is 0 Å². The lowest BCUT2D eigenvalue weighted by Crippen LogP contribution is -2.31. The summed E-state index contributed by atoms with van der Waals surface area (Å²) in [5.41, 5.74) is 1.22. The largest absolute Gasteiger partial charge is 0.336 e. The Morgan fingerprint density at radius 1 is 1.50 bits per heavy atom. The van der Waals surface area contributed by atoms with Gasteiger partial charge in [-0.2, -0.15) is 5.10 Å². The fourth-order valence-corrected chi connectivity index (χ4v) is 2.01. The number of anilines is 1. The molecule has 0 saturated heterocycles. The molecule has 2 rings (SSSR count). The number of urea groups is 1. The Labute approximate surface area is 124 Å². The van der Waals surface area contributed by atoms with Crippen LogP contribution in [0.5, 0.6) is 0 Å². The first-order valence-corrected chi connectivity index (χ1v) is 6.83. The van der Waals surface area contributed by atoms with E-state index in [1.54, 1.807) is 17.8 Å². The van der Waals surface area contributed by atoms with Crippen LogP contribution in [0.1, 0.15) is 5.56 Å². The molecule has 2 N–H and O–H groups in total. The highest BCUT2D eigenvalue weighted by Gasteiger charge is 2.08. The first-order valence-electron chi connectivity index (χ1n) is 6.04. The summed E-state index contributed by atoms with van der Waals surface area (Å²) in [5, 5.41) is 9.42. The van der Waals surface area contributed by atoms with Gasteiger partial charge in [0.2, 0.25) is 0 Å². The smallest absolute Gasteiger partial charge is 0.319 e. The van der Waals surface area contributed by atoms with Gasteiger partial charge in [0.25, 0.3) is 0 Å². The zero-order valence-corrected chi connectivity index (χ0v) is 12.4. The molecule has 0 unspecified atom stereocenters. The summed E-state index contributed by atoms with van der Waals surface area (Å²) in [6.07, 6.45) is 3.50. The molecule has 1 aromatic heterocycles. The second kappa shape index (κ2) is 6.51. The normalized spacial score (nSPS) is 10.3. The van der Waals surface area contributed by atoms with Gasteiger partial charge in [-0.15, -0.1) is 0 Å². The summed E-state index contributed by atoms with van der Waals surface area (Å²) in [5.74, 6) is -0.354. The van der Waals surface area contributed by atoms with Crippen LogP contribution >= 0.6 is 15.9 Å². The van der Waals surface area contributed by atoms with Gasteiger partial charge in [0.05, 0.1) is 11.0 Å². The summed E-state index contributed by atoms with van der Waals surface area (Å²) in [6.45, 7) is 2.77. The maximum absolute atomic E-state index is 13.3. The molecule has 0 aliphatic rings. The fraction of sp³-hybridized carbons (Fsp3) is 0.231. The molecule has 5 nitrogen and oxygen atoms in total. The summed E-state index contributed by atoms with van der Waals surface area (Å²) in [6, 6.07) is 4.39. The summed E-state index contributed by atoms with van der Waals surface area (Å²) in [7, 11) is 0. The molecule has 1 aromatic carbocycles. The number of carbonyl (C=O) groups excluding carboxylic acids is 1. The standard InChI is InChI=1S/C13H14BrFN4O/c1-9-7-11(15)10(14)8-12(9)18-13(20)16-4-6-19-5-2-3-17-19/h2-3,5,7-8H,4,6H2,1H3,(H2,16,18,20). The number of carbonyl (C=O) groups is 1. The minimum atomic E-state index is -0.354. The van der Waals surface area contributed by atoms with Crippen LogP contribution in [0.25, 0.3) is 0 Å². The monoisotopic (exact) mass is 340 g/mol. The van der Waals surface area contributed by atoms with E-state index in [-0.39, 0.29) is 11.8 Å². The van der Waals surface area contributed by atoms with Crippen molar-refractivity contribution in [3.8, 4) is 0 Å². The zero-order chi connectivity index (χ0) is 14.5. The van der Waals surface area contributed by atoms with Crippen LogP contribution in [0.3, 0.4) is 0 Å². The van der Waals surface area contributed by atoms with Gasteiger partial charge in [-0.05, 0) is 46.6 Å². The number of nitrogens with zero attached hydrogens (tertiary/aromatic N) is 2. The Hall–Kier alpha value is -1.89. The molecule has 0 radical (unpaired) electrons. The lowest BCUT2D eigenvalue weighted by atomic mass is 10.2. The Bertz CT molecular complexity index is 601. The van der Waals surface area contributed by atoms with E-state index in [9.17, 15) is 9.18 Å². The average molecular weight is 341 g/mol. The average Bonchev–Trinajstić information content (AvgIpc) is 2.89. The third-order valence-electron chi connectivity index (χ3n) is 2.70. The molecule has 0 bridgehead atoms. The SMILES string of the molecule is Cc1cc(F)c(Br)cc1NC(=O)NCCn1cccn1. The molecule has 0 saturated carbocycles. The number of aryl methyl sites for hydroxylation is 1. The van der Waals surface area contributed by atoms with Crippen molar-refractivity contribution in [2.45, 2.75) is 13.5 Å². The lowest BCUT2D eigenvalue weighted by molar-refractivity contribution is 0.251. The molecule has 20 heavy (non-hydrogen) atoms. The molecule has 2 aromatic rings. The number of halogens is 2. The topological polar surface area (TPSA) is 59.0 Å². The molecular formula is C13H14BrFN4O. The second-order valence-electron chi connectivity index (χ2n) is 4.23. The van der Waals surface area contributed by atoms with Crippen LogP contribution in [-0.4, -0.2) is 22.4 Å². The Morgan fingerprint density at radius 2 is 2.30 bits per heavy atom. The molecule has 0 atom stereocenters. The number of rotatable bonds is 4. The van der Waals surface area contributed by atoms with Gasteiger partial charge < -0.3 is 10.6 Å². The summed E-state index contributed by atoms with van der Waals surface area (Å²) in [4.78, 5) is 11.7. The predicted molar refractivity (Wildman–Crippen MR) is 78.1 cm³/mol. The first kappa shape index (κ1) is 14.5. The highest BCUT2D eigenvalue weighted by molar-refractivity contribution is 9.10. The van der Waals surface area contributed by atoms with E-state index in [0.717, 1.165) is 0 Å². The number of nitrogens with one attached hydrogen (secondary N) is 2.